The molecule has 0 radical (unpaired) electrons. The van der Waals surface area contributed by atoms with Crippen molar-refractivity contribution in [1.29, 1.82) is 0 Å². The Morgan fingerprint density at radius 1 is 1.19 bits per heavy atom. The molecule has 0 aliphatic heterocycles. The van der Waals surface area contributed by atoms with Gasteiger partial charge in [-0.15, -0.1) is 0 Å². The van der Waals surface area contributed by atoms with E-state index in [1.807, 2.05) is 0 Å². The van der Waals surface area contributed by atoms with E-state index in [1.54, 1.807) is 12.1 Å². The number of hydrogen-bond acceptors (Lipinski definition) is 2. The van der Waals surface area contributed by atoms with Gasteiger partial charge in [-0.3, -0.25) is 0 Å². The van der Waals surface area contributed by atoms with Crippen LogP contribution in [0.3, 0.4) is 0 Å². The van der Waals surface area contributed by atoms with Crippen molar-refractivity contribution in [2.75, 3.05) is 11.4 Å². The van der Waals surface area contributed by atoms with Gasteiger partial charge < -0.3 is 10.2 Å². The van der Waals surface area contributed by atoms with E-state index in [0.29, 0.717) is 18.0 Å². The number of halogens is 1. The van der Waals surface area contributed by atoms with Crippen molar-refractivity contribution >= 4 is 5.69 Å². The first-order valence-corrected chi connectivity index (χ1v) is 8.41. The normalized spacial score (nSPS) is 18.3. The Labute approximate surface area is 127 Å². The summed E-state index contributed by atoms with van der Waals surface area (Å²) in [6, 6.07) is 6.86. The standard InChI is InChI=1S/C18H27FN2/c1-13(2)7-8-21(17-5-6-17)18-10-14(9-15(19)11-18)12-20-16-3-4-16/h9-11,13,16-17,20H,3-8,12H2,1-2H3. The van der Waals surface area contributed by atoms with Gasteiger partial charge in [0.2, 0.25) is 0 Å². The van der Waals surface area contributed by atoms with Crippen molar-refractivity contribution < 1.29 is 4.39 Å². The minimum Gasteiger partial charge on any atom is -0.368 e. The van der Waals surface area contributed by atoms with Gasteiger partial charge in [-0.25, -0.2) is 4.39 Å². The molecule has 0 spiro atoms. The molecule has 2 nitrogen and oxygen atoms in total. The number of nitrogens with one attached hydrogen (secondary N) is 1. The minimum absolute atomic E-state index is 0.102. The lowest BCUT2D eigenvalue weighted by Crippen LogP contribution is -2.28. The molecule has 21 heavy (non-hydrogen) atoms. The number of hydrogen-bond donors (Lipinski definition) is 1. The van der Waals surface area contributed by atoms with Gasteiger partial charge in [0.25, 0.3) is 0 Å². The van der Waals surface area contributed by atoms with Crippen LogP contribution in [-0.2, 0) is 6.54 Å². The third kappa shape index (κ3) is 4.44. The van der Waals surface area contributed by atoms with E-state index < -0.39 is 0 Å². The predicted octanol–water partition coefficient (Wildman–Crippen LogP) is 4.09. The molecule has 2 aliphatic carbocycles. The topological polar surface area (TPSA) is 15.3 Å². The monoisotopic (exact) mass is 290 g/mol. The van der Waals surface area contributed by atoms with E-state index in [-0.39, 0.29) is 5.82 Å². The van der Waals surface area contributed by atoms with Gasteiger partial charge in [-0.2, -0.15) is 0 Å². The molecular weight excluding hydrogens is 263 g/mol. The summed E-state index contributed by atoms with van der Waals surface area (Å²) in [6.45, 7) is 6.34. The van der Waals surface area contributed by atoms with E-state index in [0.717, 1.165) is 24.3 Å². The summed E-state index contributed by atoms with van der Waals surface area (Å²) in [7, 11) is 0. The first-order chi connectivity index (χ1) is 10.1. The van der Waals surface area contributed by atoms with E-state index in [2.05, 4.69) is 30.1 Å². The van der Waals surface area contributed by atoms with Crippen molar-refractivity contribution in [3.63, 3.8) is 0 Å². The third-order valence-electron chi connectivity index (χ3n) is 4.38. The molecule has 0 amide bonds. The predicted molar refractivity (Wildman–Crippen MR) is 86.1 cm³/mol. The molecule has 3 rings (SSSR count). The molecule has 1 N–H and O–H groups in total. The van der Waals surface area contributed by atoms with Crippen LogP contribution in [0.25, 0.3) is 0 Å². The minimum atomic E-state index is -0.102. The smallest absolute Gasteiger partial charge is 0.125 e. The molecule has 0 atom stereocenters. The quantitative estimate of drug-likeness (QED) is 0.775. The van der Waals surface area contributed by atoms with Crippen LogP contribution in [0.1, 0.15) is 51.5 Å². The lowest BCUT2D eigenvalue weighted by molar-refractivity contribution is 0.568. The molecule has 2 fully saturated rings. The van der Waals surface area contributed by atoms with Gasteiger partial charge in [0.05, 0.1) is 0 Å². The molecule has 3 heteroatoms. The number of nitrogens with zero attached hydrogens (tertiary/aromatic N) is 1. The van der Waals surface area contributed by atoms with E-state index in [9.17, 15) is 4.39 Å². The molecule has 0 saturated heterocycles. The van der Waals surface area contributed by atoms with Crippen LogP contribution in [0.2, 0.25) is 0 Å². The largest absolute Gasteiger partial charge is 0.368 e. The highest BCUT2D eigenvalue weighted by Gasteiger charge is 2.29. The summed E-state index contributed by atoms with van der Waals surface area (Å²) in [4.78, 5) is 2.42. The Morgan fingerprint density at radius 2 is 1.95 bits per heavy atom. The summed E-state index contributed by atoms with van der Waals surface area (Å²) in [5.74, 6) is 0.589. The lowest BCUT2D eigenvalue weighted by Gasteiger charge is -2.26. The summed E-state index contributed by atoms with van der Waals surface area (Å²) in [5, 5.41) is 3.48. The maximum Gasteiger partial charge on any atom is 0.125 e. The zero-order chi connectivity index (χ0) is 14.8. The Kier molecular flexibility index (Phi) is 4.48. The van der Waals surface area contributed by atoms with Gasteiger partial charge in [0.1, 0.15) is 5.82 Å². The maximum atomic E-state index is 14.0. The molecule has 0 heterocycles. The lowest BCUT2D eigenvalue weighted by atomic mass is 10.1. The fraction of sp³-hybridized carbons (Fsp3) is 0.667. The molecular formula is C18H27FN2. The Hall–Kier alpha value is -1.09. The first kappa shape index (κ1) is 14.8. The van der Waals surface area contributed by atoms with Gasteiger partial charge in [0.15, 0.2) is 0 Å². The molecule has 0 aromatic heterocycles. The highest BCUT2D eigenvalue weighted by atomic mass is 19.1. The molecule has 2 aliphatic rings. The molecule has 1 aromatic rings. The van der Waals surface area contributed by atoms with Crippen LogP contribution in [0.5, 0.6) is 0 Å². The second-order valence-corrected chi connectivity index (χ2v) is 7.08. The summed E-state index contributed by atoms with van der Waals surface area (Å²) in [6.07, 6.45) is 6.22. The van der Waals surface area contributed by atoms with Gasteiger partial charge in [-0.05, 0) is 61.8 Å². The zero-order valence-corrected chi connectivity index (χ0v) is 13.2. The van der Waals surface area contributed by atoms with Gasteiger partial charge >= 0.3 is 0 Å². The second-order valence-electron chi connectivity index (χ2n) is 7.08. The van der Waals surface area contributed by atoms with Crippen LogP contribution >= 0.6 is 0 Å². The van der Waals surface area contributed by atoms with Crippen LogP contribution in [-0.4, -0.2) is 18.6 Å². The van der Waals surface area contributed by atoms with Crippen LogP contribution in [0, 0.1) is 11.7 Å². The maximum absolute atomic E-state index is 14.0. The average Bonchev–Trinajstić information content (AvgIpc) is 3.29. The van der Waals surface area contributed by atoms with Gasteiger partial charge in [0, 0.05) is 30.9 Å². The van der Waals surface area contributed by atoms with Crippen LogP contribution < -0.4 is 10.2 Å². The van der Waals surface area contributed by atoms with Crippen molar-refractivity contribution in [2.24, 2.45) is 5.92 Å². The number of benzene rings is 1. The summed E-state index contributed by atoms with van der Waals surface area (Å²) < 4.78 is 14.0. The Morgan fingerprint density at radius 3 is 2.57 bits per heavy atom. The molecule has 0 unspecified atom stereocenters. The number of rotatable bonds is 8. The Balaban J connectivity index is 1.70. The first-order valence-electron chi connectivity index (χ1n) is 8.41. The zero-order valence-electron chi connectivity index (χ0n) is 13.2. The summed E-state index contributed by atoms with van der Waals surface area (Å²) >= 11 is 0. The molecule has 0 bridgehead atoms. The average molecular weight is 290 g/mol. The van der Waals surface area contributed by atoms with Gasteiger partial charge in [-0.1, -0.05) is 13.8 Å². The van der Waals surface area contributed by atoms with E-state index in [1.165, 1.54) is 32.1 Å². The summed E-state index contributed by atoms with van der Waals surface area (Å²) in [5.41, 5.74) is 2.15. The Bertz CT molecular complexity index is 478. The third-order valence-corrected chi connectivity index (χ3v) is 4.38. The molecule has 2 saturated carbocycles. The second kappa shape index (κ2) is 6.35. The van der Waals surface area contributed by atoms with E-state index >= 15 is 0 Å². The highest BCUT2D eigenvalue weighted by Crippen LogP contribution is 2.33. The van der Waals surface area contributed by atoms with Crippen LogP contribution in [0.15, 0.2) is 18.2 Å². The van der Waals surface area contributed by atoms with Crippen molar-refractivity contribution in [2.45, 2.75) is 64.6 Å². The SMILES string of the molecule is CC(C)CCN(c1cc(F)cc(CNC2CC2)c1)C1CC1. The van der Waals surface area contributed by atoms with E-state index in [4.69, 9.17) is 0 Å². The highest BCUT2D eigenvalue weighted by molar-refractivity contribution is 5.51. The molecule has 1 aromatic carbocycles. The van der Waals surface area contributed by atoms with Crippen molar-refractivity contribution in [3.05, 3.63) is 29.6 Å². The number of anilines is 1. The van der Waals surface area contributed by atoms with Crippen LogP contribution in [0.4, 0.5) is 10.1 Å². The fourth-order valence-corrected chi connectivity index (χ4v) is 2.76. The van der Waals surface area contributed by atoms with Crippen molar-refractivity contribution in [3.8, 4) is 0 Å². The molecule has 116 valence electrons. The fourth-order valence-electron chi connectivity index (χ4n) is 2.76. The van der Waals surface area contributed by atoms with Crippen molar-refractivity contribution in [1.82, 2.24) is 5.32 Å².